The van der Waals surface area contributed by atoms with Crippen LogP contribution in [0.25, 0.3) is 11.1 Å². The quantitative estimate of drug-likeness (QED) is 0.684. The van der Waals surface area contributed by atoms with E-state index >= 15 is 0 Å². The molecule has 0 aromatic heterocycles. The Labute approximate surface area is 204 Å². The van der Waals surface area contributed by atoms with Crippen molar-refractivity contribution in [1.29, 1.82) is 0 Å². The number of ether oxygens (including phenoxy) is 2. The lowest BCUT2D eigenvalue weighted by atomic mass is 9.98. The molecule has 1 unspecified atom stereocenters. The van der Waals surface area contributed by atoms with Crippen LogP contribution in [-0.4, -0.2) is 66.9 Å². The molecule has 1 aliphatic heterocycles. The van der Waals surface area contributed by atoms with Crippen molar-refractivity contribution in [2.45, 2.75) is 31.2 Å². The standard InChI is InChI=1S/C27H30N2O6/c30-25(29-11-12-34-15-18(14-29)26(31)32)17-9-10-19(13-17)28-27(33)35-16-24-22-7-3-1-5-20(22)21-6-2-4-8-23(21)24/h1-8,17-19,24H,9-16H2,(H,28,33)(H,31,32)/t17-,18?,19+/m1/s1. The van der Waals surface area contributed by atoms with Crippen molar-refractivity contribution in [2.75, 3.05) is 32.9 Å². The molecule has 3 aliphatic rings. The van der Waals surface area contributed by atoms with Gasteiger partial charge in [-0.05, 0) is 41.5 Å². The van der Waals surface area contributed by atoms with Gasteiger partial charge >= 0.3 is 12.1 Å². The number of fused-ring (bicyclic) bond motifs is 3. The van der Waals surface area contributed by atoms with Crippen LogP contribution in [0, 0.1) is 11.8 Å². The van der Waals surface area contributed by atoms with Crippen LogP contribution in [0.2, 0.25) is 0 Å². The van der Waals surface area contributed by atoms with Gasteiger partial charge in [0.25, 0.3) is 0 Å². The van der Waals surface area contributed by atoms with E-state index in [9.17, 15) is 19.5 Å². The van der Waals surface area contributed by atoms with Crippen LogP contribution in [0.5, 0.6) is 0 Å². The van der Waals surface area contributed by atoms with Gasteiger partial charge in [0.05, 0.1) is 19.1 Å². The van der Waals surface area contributed by atoms with E-state index in [-0.39, 0.29) is 43.5 Å². The zero-order valence-electron chi connectivity index (χ0n) is 19.5. The monoisotopic (exact) mass is 478 g/mol. The summed E-state index contributed by atoms with van der Waals surface area (Å²) in [6, 6.07) is 16.3. The largest absolute Gasteiger partial charge is 0.481 e. The number of carbonyl (C=O) groups is 3. The highest BCUT2D eigenvalue weighted by Crippen LogP contribution is 2.44. The molecule has 5 rings (SSSR count). The van der Waals surface area contributed by atoms with Crippen LogP contribution in [-0.2, 0) is 19.1 Å². The second kappa shape index (κ2) is 10.1. The minimum Gasteiger partial charge on any atom is -0.481 e. The molecule has 2 amide bonds. The molecule has 2 fully saturated rings. The highest BCUT2D eigenvalue weighted by molar-refractivity contribution is 5.81. The van der Waals surface area contributed by atoms with Gasteiger partial charge in [-0.1, -0.05) is 48.5 Å². The molecule has 1 saturated heterocycles. The van der Waals surface area contributed by atoms with E-state index in [1.807, 2.05) is 24.3 Å². The summed E-state index contributed by atoms with van der Waals surface area (Å²) in [6.07, 6.45) is 1.40. The number of carbonyl (C=O) groups excluding carboxylic acids is 2. The van der Waals surface area contributed by atoms with E-state index in [2.05, 4.69) is 29.6 Å². The molecule has 3 atom stereocenters. The molecule has 2 N–H and O–H groups in total. The topological polar surface area (TPSA) is 105 Å². The Morgan fingerprint density at radius 3 is 2.37 bits per heavy atom. The average molecular weight is 479 g/mol. The Hall–Kier alpha value is -3.39. The molecule has 2 aromatic carbocycles. The zero-order chi connectivity index (χ0) is 24.4. The summed E-state index contributed by atoms with van der Waals surface area (Å²) in [7, 11) is 0. The molecule has 1 heterocycles. The smallest absolute Gasteiger partial charge is 0.407 e. The predicted octanol–water partition coefficient (Wildman–Crippen LogP) is 3.25. The average Bonchev–Trinajstić information content (AvgIpc) is 3.35. The molecule has 8 heteroatoms. The number of alkyl carbamates (subject to hydrolysis) is 1. The fourth-order valence-corrected chi connectivity index (χ4v) is 5.56. The van der Waals surface area contributed by atoms with E-state index in [1.54, 1.807) is 4.90 Å². The van der Waals surface area contributed by atoms with Gasteiger partial charge in [0.15, 0.2) is 0 Å². The molecule has 2 aliphatic carbocycles. The van der Waals surface area contributed by atoms with Crippen LogP contribution in [0.15, 0.2) is 48.5 Å². The van der Waals surface area contributed by atoms with Crippen molar-refractivity contribution >= 4 is 18.0 Å². The number of benzene rings is 2. The van der Waals surface area contributed by atoms with Crippen molar-refractivity contribution in [3.63, 3.8) is 0 Å². The van der Waals surface area contributed by atoms with Crippen molar-refractivity contribution < 1.29 is 29.0 Å². The summed E-state index contributed by atoms with van der Waals surface area (Å²) < 4.78 is 11.0. The summed E-state index contributed by atoms with van der Waals surface area (Å²) in [5, 5.41) is 12.3. The van der Waals surface area contributed by atoms with Crippen LogP contribution < -0.4 is 5.32 Å². The number of rotatable bonds is 5. The van der Waals surface area contributed by atoms with Crippen LogP contribution >= 0.6 is 0 Å². The lowest BCUT2D eigenvalue weighted by Crippen LogP contribution is -2.41. The van der Waals surface area contributed by atoms with E-state index in [0.29, 0.717) is 32.4 Å². The van der Waals surface area contributed by atoms with Gasteiger partial charge in [0.1, 0.15) is 6.61 Å². The van der Waals surface area contributed by atoms with Gasteiger partial charge in [0.2, 0.25) is 5.91 Å². The first-order chi connectivity index (χ1) is 17.0. The summed E-state index contributed by atoms with van der Waals surface area (Å²) in [4.78, 5) is 38.6. The third-order valence-electron chi connectivity index (χ3n) is 7.37. The fourth-order valence-electron chi connectivity index (χ4n) is 5.56. The lowest BCUT2D eigenvalue weighted by molar-refractivity contribution is -0.144. The molecule has 184 valence electrons. The number of nitrogens with zero attached hydrogens (tertiary/aromatic N) is 1. The van der Waals surface area contributed by atoms with E-state index in [1.165, 1.54) is 11.1 Å². The first-order valence-corrected chi connectivity index (χ1v) is 12.2. The molecular formula is C27H30N2O6. The number of amides is 2. The van der Waals surface area contributed by atoms with Gasteiger partial charge in [-0.3, -0.25) is 9.59 Å². The van der Waals surface area contributed by atoms with E-state index < -0.39 is 18.0 Å². The number of carboxylic acids is 1. The lowest BCUT2D eigenvalue weighted by Gasteiger charge is -2.25. The van der Waals surface area contributed by atoms with E-state index in [0.717, 1.165) is 11.1 Å². The predicted molar refractivity (Wildman–Crippen MR) is 128 cm³/mol. The first kappa shape index (κ1) is 23.4. The van der Waals surface area contributed by atoms with Crippen molar-refractivity contribution in [3.8, 4) is 11.1 Å². The second-order valence-electron chi connectivity index (χ2n) is 9.57. The summed E-state index contributed by atoms with van der Waals surface area (Å²) >= 11 is 0. The SMILES string of the molecule is O=C(N[C@H]1CC[C@@H](C(=O)N2CCOCC(C(=O)O)C2)C1)OCC1c2ccccc2-c2ccccc21. The maximum Gasteiger partial charge on any atom is 0.407 e. The normalized spacial score (nSPS) is 23.8. The minimum absolute atomic E-state index is 0.00140. The van der Waals surface area contributed by atoms with Gasteiger partial charge in [-0.15, -0.1) is 0 Å². The Morgan fingerprint density at radius 2 is 1.69 bits per heavy atom. The minimum atomic E-state index is -0.953. The molecule has 0 radical (unpaired) electrons. The van der Waals surface area contributed by atoms with Gasteiger partial charge in [-0.25, -0.2) is 4.79 Å². The summed E-state index contributed by atoms with van der Waals surface area (Å²) in [6.45, 7) is 1.26. The number of nitrogens with one attached hydrogen (secondary N) is 1. The Kier molecular flexibility index (Phi) is 6.72. The number of hydrogen-bond donors (Lipinski definition) is 2. The van der Waals surface area contributed by atoms with E-state index in [4.69, 9.17) is 9.47 Å². The van der Waals surface area contributed by atoms with Crippen molar-refractivity contribution in [1.82, 2.24) is 10.2 Å². The molecule has 0 bridgehead atoms. The Balaban J connectivity index is 1.14. The number of aliphatic carboxylic acids is 1. The second-order valence-corrected chi connectivity index (χ2v) is 9.57. The van der Waals surface area contributed by atoms with Crippen molar-refractivity contribution in [2.24, 2.45) is 11.8 Å². The van der Waals surface area contributed by atoms with Crippen LogP contribution in [0.3, 0.4) is 0 Å². The molecule has 1 saturated carbocycles. The molecule has 0 spiro atoms. The molecular weight excluding hydrogens is 448 g/mol. The third-order valence-corrected chi connectivity index (χ3v) is 7.37. The molecule has 8 nitrogen and oxygen atoms in total. The maximum atomic E-state index is 13.0. The van der Waals surface area contributed by atoms with Gasteiger partial charge in [0, 0.05) is 31.0 Å². The number of carboxylic acid groups (broad SMARTS) is 1. The summed E-state index contributed by atoms with van der Waals surface area (Å²) in [5.41, 5.74) is 4.68. The zero-order valence-corrected chi connectivity index (χ0v) is 19.5. The third kappa shape index (κ3) is 4.89. The molecule has 2 aromatic rings. The Bertz CT molecular complexity index is 1070. The summed E-state index contributed by atoms with van der Waals surface area (Å²) in [5.74, 6) is -1.96. The van der Waals surface area contributed by atoms with Crippen LogP contribution in [0.1, 0.15) is 36.3 Å². The highest BCUT2D eigenvalue weighted by atomic mass is 16.5. The fraction of sp³-hybridized carbons (Fsp3) is 0.444. The van der Waals surface area contributed by atoms with Crippen molar-refractivity contribution in [3.05, 3.63) is 59.7 Å². The maximum absolute atomic E-state index is 13.0. The highest BCUT2D eigenvalue weighted by Gasteiger charge is 2.36. The van der Waals surface area contributed by atoms with Crippen LogP contribution in [0.4, 0.5) is 4.79 Å². The first-order valence-electron chi connectivity index (χ1n) is 12.2. The molecule has 35 heavy (non-hydrogen) atoms. The van der Waals surface area contributed by atoms with Gasteiger partial charge < -0.3 is 24.8 Å². The van der Waals surface area contributed by atoms with Gasteiger partial charge in [-0.2, -0.15) is 0 Å². The number of hydrogen-bond acceptors (Lipinski definition) is 5. The Morgan fingerprint density at radius 1 is 1.00 bits per heavy atom.